The Morgan fingerprint density at radius 2 is 2.00 bits per heavy atom. The highest BCUT2D eigenvalue weighted by Crippen LogP contribution is 1.80. The molecule has 0 bridgehead atoms. The van der Waals surface area contributed by atoms with Crippen molar-refractivity contribution >= 4 is 8.80 Å². The molecule has 41 valence electrons. The fraction of sp³-hybridized carbons (Fsp3) is 0.600. The molecular formula is C5H11OSi. The highest BCUT2D eigenvalue weighted by atomic mass is 28.3. The van der Waals surface area contributed by atoms with E-state index in [1.165, 1.54) is 0 Å². The molecule has 0 rings (SSSR count). The molecule has 0 fully saturated rings. The van der Waals surface area contributed by atoms with Gasteiger partial charge in [0.25, 0.3) is 0 Å². The van der Waals surface area contributed by atoms with Gasteiger partial charge in [0.05, 0.1) is 22.2 Å². The molecule has 0 N–H and O–H groups in total. The van der Waals surface area contributed by atoms with E-state index < -0.39 is 0 Å². The van der Waals surface area contributed by atoms with Gasteiger partial charge in [0, 0.05) is 0 Å². The predicted molar refractivity (Wildman–Crippen MR) is 33.6 cm³/mol. The first kappa shape index (κ1) is 6.76. The zero-order valence-electron chi connectivity index (χ0n) is 5.06. The smallest absolute Gasteiger partial charge is 0.0766 e. The summed E-state index contributed by atoms with van der Waals surface area (Å²) in [6.45, 7) is 4.42. The van der Waals surface area contributed by atoms with Gasteiger partial charge in [0.15, 0.2) is 0 Å². The molecule has 0 aliphatic heterocycles. The van der Waals surface area contributed by atoms with Gasteiger partial charge < -0.3 is 4.74 Å². The Balaban J connectivity index is 3.08. The fourth-order valence-corrected chi connectivity index (χ4v) is 0.612. The van der Waals surface area contributed by atoms with Crippen LogP contribution in [0.15, 0.2) is 12.0 Å². The van der Waals surface area contributed by atoms with Crippen molar-refractivity contribution in [1.29, 1.82) is 0 Å². The first-order valence-corrected chi connectivity index (χ1v) is 4.84. The minimum Gasteiger partial charge on any atom is -0.505 e. The highest BCUT2D eigenvalue weighted by Gasteiger charge is 1.82. The van der Waals surface area contributed by atoms with Crippen molar-refractivity contribution in [2.45, 2.75) is 13.1 Å². The van der Waals surface area contributed by atoms with Crippen LogP contribution < -0.4 is 0 Å². The Morgan fingerprint density at radius 3 is 2.14 bits per heavy atom. The summed E-state index contributed by atoms with van der Waals surface area (Å²) < 4.78 is 4.70. The van der Waals surface area contributed by atoms with Crippen LogP contribution in [0.2, 0.25) is 13.1 Å². The van der Waals surface area contributed by atoms with Gasteiger partial charge >= 0.3 is 0 Å². The molecule has 0 saturated heterocycles. The van der Waals surface area contributed by atoms with Gasteiger partial charge in [0.2, 0.25) is 0 Å². The van der Waals surface area contributed by atoms with Crippen molar-refractivity contribution in [3.05, 3.63) is 12.0 Å². The molecule has 0 aromatic heterocycles. The maximum absolute atomic E-state index is 4.70. The van der Waals surface area contributed by atoms with E-state index >= 15 is 0 Å². The lowest BCUT2D eigenvalue weighted by Gasteiger charge is -1.88. The van der Waals surface area contributed by atoms with Crippen LogP contribution >= 0.6 is 0 Å². The number of methoxy groups -OCH3 is 1. The Morgan fingerprint density at radius 1 is 1.43 bits per heavy atom. The first-order chi connectivity index (χ1) is 3.27. The molecule has 1 nitrogen and oxygen atoms in total. The zero-order chi connectivity index (χ0) is 5.70. The summed E-state index contributed by atoms with van der Waals surface area (Å²) >= 11 is 0. The Labute approximate surface area is 46.6 Å². The molecule has 0 unspecified atom stereocenters. The molecular weight excluding hydrogens is 104 g/mol. The van der Waals surface area contributed by atoms with Crippen LogP contribution in [-0.2, 0) is 4.74 Å². The van der Waals surface area contributed by atoms with E-state index in [0.29, 0.717) is 0 Å². The minimum absolute atomic E-state index is 0.203. The zero-order valence-corrected chi connectivity index (χ0v) is 6.06. The van der Waals surface area contributed by atoms with Crippen molar-refractivity contribution in [3.63, 3.8) is 0 Å². The molecule has 0 aromatic rings. The molecule has 0 spiro atoms. The molecule has 7 heavy (non-hydrogen) atoms. The van der Waals surface area contributed by atoms with Gasteiger partial charge in [-0.2, -0.15) is 0 Å². The topological polar surface area (TPSA) is 9.23 Å². The summed E-state index contributed by atoms with van der Waals surface area (Å²) in [6.07, 6.45) is 1.74. The van der Waals surface area contributed by atoms with Crippen molar-refractivity contribution in [2.75, 3.05) is 7.11 Å². The maximum atomic E-state index is 4.70. The molecule has 0 aliphatic carbocycles. The third-order valence-electron chi connectivity index (χ3n) is 0.537. The standard InChI is InChI=1S/C5H11OSi/c1-6-4-5-7(2)3/h4-5H,1-3H3. The van der Waals surface area contributed by atoms with Gasteiger partial charge in [0.1, 0.15) is 0 Å². The van der Waals surface area contributed by atoms with Gasteiger partial charge in [-0.25, -0.2) is 0 Å². The van der Waals surface area contributed by atoms with E-state index in [1.54, 1.807) is 13.4 Å². The monoisotopic (exact) mass is 115 g/mol. The average Bonchev–Trinajstić information content (AvgIpc) is 1.61. The number of hydrogen-bond donors (Lipinski definition) is 0. The van der Waals surface area contributed by atoms with E-state index in [9.17, 15) is 0 Å². The van der Waals surface area contributed by atoms with E-state index in [-0.39, 0.29) is 8.80 Å². The van der Waals surface area contributed by atoms with Crippen LogP contribution in [0, 0.1) is 0 Å². The molecule has 2 heteroatoms. The van der Waals surface area contributed by atoms with Gasteiger partial charge in [-0.15, -0.1) is 0 Å². The van der Waals surface area contributed by atoms with Crippen molar-refractivity contribution in [3.8, 4) is 0 Å². The van der Waals surface area contributed by atoms with Crippen LogP contribution in [0.5, 0.6) is 0 Å². The summed E-state index contributed by atoms with van der Waals surface area (Å²) in [5, 5.41) is 0. The van der Waals surface area contributed by atoms with E-state index in [1.807, 2.05) is 0 Å². The third kappa shape index (κ3) is 5.76. The second-order valence-electron chi connectivity index (χ2n) is 1.62. The van der Waals surface area contributed by atoms with Gasteiger partial charge in [-0.1, -0.05) is 18.8 Å². The quantitative estimate of drug-likeness (QED) is 0.391. The SMILES string of the molecule is COC=C[Si](C)C. The number of ether oxygens (including phenoxy) is 1. The van der Waals surface area contributed by atoms with E-state index in [2.05, 4.69) is 18.8 Å². The molecule has 0 amide bonds. The first-order valence-electron chi connectivity index (χ1n) is 2.27. The van der Waals surface area contributed by atoms with E-state index in [0.717, 1.165) is 0 Å². The van der Waals surface area contributed by atoms with Gasteiger partial charge in [-0.3, -0.25) is 0 Å². The number of rotatable bonds is 2. The van der Waals surface area contributed by atoms with Crippen LogP contribution in [0.1, 0.15) is 0 Å². The average molecular weight is 115 g/mol. The van der Waals surface area contributed by atoms with Crippen LogP contribution in [0.3, 0.4) is 0 Å². The van der Waals surface area contributed by atoms with Crippen LogP contribution in [-0.4, -0.2) is 15.9 Å². The summed E-state index contributed by atoms with van der Waals surface area (Å²) in [4.78, 5) is 0. The van der Waals surface area contributed by atoms with Crippen molar-refractivity contribution in [1.82, 2.24) is 0 Å². The lowest BCUT2D eigenvalue weighted by atomic mass is 11.1. The summed E-state index contributed by atoms with van der Waals surface area (Å²) in [5.74, 6) is 0. The van der Waals surface area contributed by atoms with Crippen LogP contribution in [0.4, 0.5) is 0 Å². The molecule has 0 atom stereocenters. The molecule has 0 aromatic carbocycles. The normalized spacial score (nSPS) is 10.9. The largest absolute Gasteiger partial charge is 0.505 e. The summed E-state index contributed by atoms with van der Waals surface area (Å²) in [6, 6.07) is 0. The van der Waals surface area contributed by atoms with Crippen LogP contribution in [0.25, 0.3) is 0 Å². The van der Waals surface area contributed by atoms with E-state index in [4.69, 9.17) is 4.74 Å². The molecule has 0 saturated carbocycles. The second kappa shape index (κ2) is 3.93. The van der Waals surface area contributed by atoms with Gasteiger partial charge in [-0.05, 0) is 0 Å². The molecule has 0 aliphatic rings. The number of hydrogen-bond acceptors (Lipinski definition) is 1. The Kier molecular flexibility index (Phi) is 3.79. The fourth-order valence-electron chi connectivity index (χ4n) is 0.204. The second-order valence-corrected chi connectivity index (χ2v) is 4.10. The summed E-state index contributed by atoms with van der Waals surface area (Å²) in [5.41, 5.74) is 2.10. The maximum Gasteiger partial charge on any atom is 0.0766 e. The lowest BCUT2D eigenvalue weighted by Crippen LogP contribution is -1.91. The predicted octanol–water partition coefficient (Wildman–Crippen LogP) is 1.44. The lowest BCUT2D eigenvalue weighted by molar-refractivity contribution is 0.338. The third-order valence-corrected chi connectivity index (χ3v) is 1.34. The van der Waals surface area contributed by atoms with Crippen molar-refractivity contribution < 1.29 is 4.74 Å². The summed E-state index contributed by atoms with van der Waals surface area (Å²) in [7, 11) is 1.47. The van der Waals surface area contributed by atoms with Crippen molar-refractivity contribution in [2.24, 2.45) is 0 Å². The molecule has 0 heterocycles. The Bertz CT molecular complexity index is 59.1. The molecule has 1 radical (unpaired) electrons. The highest BCUT2D eigenvalue weighted by molar-refractivity contribution is 6.61. The minimum atomic E-state index is -0.203. The Hall–Kier alpha value is -0.243.